The molecule has 0 saturated carbocycles. The minimum atomic E-state index is -0.828. The van der Waals surface area contributed by atoms with Gasteiger partial charge in [-0.3, -0.25) is 4.79 Å². The minimum Gasteiger partial charge on any atom is -0.381 e. The van der Waals surface area contributed by atoms with E-state index in [1.165, 1.54) is 6.07 Å². The predicted molar refractivity (Wildman–Crippen MR) is 78.6 cm³/mol. The molecule has 0 aliphatic carbocycles. The zero-order valence-electron chi connectivity index (χ0n) is 12.4. The molecule has 2 aliphatic heterocycles. The van der Waals surface area contributed by atoms with E-state index in [2.05, 4.69) is 5.32 Å². The molecular formula is C16H20F2N2O2. The third-order valence-electron chi connectivity index (χ3n) is 4.42. The fourth-order valence-corrected chi connectivity index (χ4v) is 3.05. The second-order valence-electron chi connectivity index (χ2n) is 6.00. The number of benzene rings is 1. The van der Waals surface area contributed by atoms with Crippen molar-refractivity contribution >= 4 is 11.6 Å². The molecular weight excluding hydrogens is 290 g/mol. The van der Waals surface area contributed by atoms with Crippen LogP contribution in [-0.2, 0) is 9.53 Å². The van der Waals surface area contributed by atoms with Crippen molar-refractivity contribution in [1.82, 2.24) is 5.32 Å². The molecule has 22 heavy (non-hydrogen) atoms. The molecule has 6 heteroatoms. The molecule has 0 spiro atoms. The third-order valence-corrected chi connectivity index (χ3v) is 4.42. The van der Waals surface area contributed by atoms with Crippen LogP contribution in [0.3, 0.4) is 0 Å². The number of nitrogens with zero attached hydrogens (tertiary/aromatic N) is 1. The van der Waals surface area contributed by atoms with Gasteiger partial charge in [-0.2, -0.15) is 0 Å². The number of anilines is 1. The number of amides is 1. The van der Waals surface area contributed by atoms with Crippen molar-refractivity contribution < 1.29 is 18.3 Å². The largest absolute Gasteiger partial charge is 0.381 e. The topological polar surface area (TPSA) is 41.6 Å². The molecule has 3 rings (SSSR count). The molecule has 0 bridgehead atoms. The number of carbonyl (C=O) groups excluding carboxylic acids is 1. The lowest BCUT2D eigenvalue weighted by atomic mass is 10.1. The first-order chi connectivity index (χ1) is 10.6. The highest BCUT2D eigenvalue weighted by Crippen LogP contribution is 2.25. The van der Waals surface area contributed by atoms with E-state index in [0.717, 1.165) is 32.0 Å². The predicted octanol–water partition coefficient (Wildman–Crippen LogP) is 1.94. The molecule has 2 heterocycles. The number of hydrogen-bond acceptors (Lipinski definition) is 3. The minimum absolute atomic E-state index is 0.0244. The summed E-state index contributed by atoms with van der Waals surface area (Å²) >= 11 is 0. The van der Waals surface area contributed by atoms with Gasteiger partial charge in [0, 0.05) is 38.0 Å². The molecule has 120 valence electrons. The Balaban J connectivity index is 1.49. The smallest absolute Gasteiger partial charge is 0.225 e. The monoisotopic (exact) mass is 310 g/mol. The van der Waals surface area contributed by atoms with E-state index in [-0.39, 0.29) is 11.8 Å². The maximum absolute atomic E-state index is 13.3. The molecule has 2 aliphatic rings. The summed E-state index contributed by atoms with van der Waals surface area (Å²) in [6.45, 7) is 3.32. The average Bonchev–Trinajstić information content (AvgIpc) is 3.19. The van der Waals surface area contributed by atoms with Gasteiger partial charge in [0.25, 0.3) is 0 Å². The van der Waals surface area contributed by atoms with E-state index >= 15 is 0 Å². The van der Waals surface area contributed by atoms with Crippen LogP contribution in [0, 0.1) is 23.5 Å². The molecule has 2 fully saturated rings. The molecule has 2 unspecified atom stereocenters. The molecule has 1 N–H and O–H groups in total. The van der Waals surface area contributed by atoms with Crippen LogP contribution in [0.1, 0.15) is 12.8 Å². The average molecular weight is 310 g/mol. The first-order valence-corrected chi connectivity index (χ1v) is 7.69. The Morgan fingerprint density at radius 3 is 2.91 bits per heavy atom. The van der Waals surface area contributed by atoms with E-state index in [1.807, 2.05) is 4.90 Å². The van der Waals surface area contributed by atoms with Crippen LogP contribution in [0.4, 0.5) is 14.5 Å². The van der Waals surface area contributed by atoms with Gasteiger partial charge in [0.05, 0.1) is 12.5 Å². The highest BCUT2D eigenvalue weighted by Gasteiger charge is 2.27. The van der Waals surface area contributed by atoms with E-state index in [4.69, 9.17) is 4.74 Å². The van der Waals surface area contributed by atoms with Crippen molar-refractivity contribution in [2.45, 2.75) is 12.8 Å². The van der Waals surface area contributed by atoms with Crippen LogP contribution in [0.15, 0.2) is 18.2 Å². The summed E-state index contributed by atoms with van der Waals surface area (Å²) in [4.78, 5) is 14.0. The standard InChI is InChI=1S/C16H20F2N2O2/c17-14-2-1-13(7-15(14)18)20-5-3-11(9-20)8-19-16(21)12-4-6-22-10-12/h1-2,7,11-12H,3-6,8-10H2,(H,19,21). The Morgan fingerprint density at radius 2 is 2.18 bits per heavy atom. The van der Waals surface area contributed by atoms with Gasteiger partial charge in [0.1, 0.15) is 0 Å². The Hall–Kier alpha value is -1.69. The van der Waals surface area contributed by atoms with Gasteiger partial charge >= 0.3 is 0 Å². The lowest BCUT2D eigenvalue weighted by Gasteiger charge is -2.19. The first-order valence-electron chi connectivity index (χ1n) is 7.69. The van der Waals surface area contributed by atoms with Crippen molar-refractivity contribution in [2.24, 2.45) is 11.8 Å². The van der Waals surface area contributed by atoms with Crippen molar-refractivity contribution in [3.8, 4) is 0 Å². The molecule has 4 nitrogen and oxygen atoms in total. The van der Waals surface area contributed by atoms with Crippen LogP contribution in [0.25, 0.3) is 0 Å². The van der Waals surface area contributed by atoms with Gasteiger partial charge in [-0.15, -0.1) is 0 Å². The highest BCUT2D eigenvalue weighted by atomic mass is 19.2. The summed E-state index contributed by atoms with van der Waals surface area (Å²) in [6.07, 6.45) is 1.72. The SMILES string of the molecule is O=C(NCC1CCN(c2ccc(F)c(F)c2)C1)C1CCOC1. The zero-order valence-corrected chi connectivity index (χ0v) is 12.4. The van der Waals surface area contributed by atoms with E-state index in [1.54, 1.807) is 6.07 Å². The summed E-state index contributed by atoms with van der Waals surface area (Å²) in [5, 5.41) is 2.98. The fourth-order valence-electron chi connectivity index (χ4n) is 3.05. The van der Waals surface area contributed by atoms with E-state index < -0.39 is 11.6 Å². The Kier molecular flexibility index (Phi) is 4.57. The van der Waals surface area contributed by atoms with E-state index in [0.29, 0.717) is 31.4 Å². The molecule has 1 aromatic carbocycles. The summed E-state index contributed by atoms with van der Waals surface area (Å²) in [6, 6.07) is 3.97. The van der Waals surface area contributed by atoms with Gasteiger partial charge in [0.2, 0.25) is 5.91 Å². The van der Waals surface area contributed by atoms with Crippen molar-refractivity contribution in [2.75, 3.05) is 37.7 Å². The van der Waals surface area contributed by atoms with E-state index in [9.17, 15) is 13.6 Å². The van der Waals surface area contributed by atoms with Crippen LogP contribution < -0.4 is 10.2 Å². The van der Waals surface area contributed by atoms with Crippen LogP contribution in [-0.4, -0.2) is 38.8 Å². The summed E-state index contributed by atoms with van der Waals surface area (Å²) in [5.41, 5.74) is 0.692. The molecule has 0 radical (unpaired) electrons. The maximum Gasteiger partial charge on any atom is 0.225 e. The first kappa shape index (κ1) is 15.2. The summed E-state index contributed by atoms with van der Waals surface area (Å²) in [7, 11) is 0. The Bertz CT molecular complexity index is 547. The molecule has 0 aromatic heterocycles. The molecule has 2 saturated heterocycles. The summed E-state index contributed by atoms with van der Waals surface area (Å²) < 4.78 is 31.5. The quantitative estimate of drug-likeness (QED) is 0.924. The van der Waals surface area contributed by atoms with Crippen LogP contribution in [0.5, 0.6) is 0 Å². The lowest BCUT2D eigenvalue weighted by Crippen LogP contribution is -2.35. The second-order valence-corrected chi connectivity index (χ2v) is 6.00. The van der Waals surface area contributed by atoms with Crippen molar-refractivity contribution in [1.29, 1.82) is 0 Å². The van der Waals surface area contributed by atoms with Gasteiger partial charge < -0.3 is 15.0 Å². The normalized spacial score (nSPS) is 24.7. The summed E-state index contributed by atoms with van der Waals surface area (Å²) in [5.74, 6) is -1.28. The van der Waals surface area contributed by atoms with Gasteiger partial charge in [-0.05, 0) is 30.9 Å². The Labute approximate surface area is 128 Å². The number of nitrogens with one attached hydrogen (secondary N) is 1. The number of ether oxygens (including phenoxy) is 1. The lowest BCUT2D eigenvalue weighted by molar-refractivity contribution is -0.125. The third kappa shape index (κ3) is 3.38. The van der Waals surface area contributed by atoms with Gasteiger partial charge in [-0.1, -0.05) is 0 Å². The maximum atomic E-state index is 13.3. The molecule has 1 amide bonds. The fraction of sp³-hybridized carbons (Fsp3) is 0.562. The van der Waals surface area contributed by atoms with Crippen LogP contribution >= 0.6 is 0 Å². The van der Waals surface area contributed by atoms with Gasteiger partial charge in [0.15, 0.2) is 11.6 Å². The van der Waals surface area contributed by atoms with Crippen molar-refractivity contribution in [3.05, 3.63) is 29.8 Å². The van der Waals surface area contributed by atoms with Crippen molar-refractivity contribution in [3.63, 3.8) is 0 Å². The van der Waals surface area contributed by atoms with Crippen LogP contribution in [0.2, 0.25) is 0 Å². The Morgan fingerprint density at radius 1 is 1.32 bits per heavy atom. The number of halogens is 2. The number of carbonyl (C=O) groups is 1. The molecule has 2 atom stereocenters. The zero-order chi connectivity index (χ0) is 15.5. The molecule has 1 aromatic rings. The highest BCUT2D eigenvalue weighted by molar-refractivity contribution is 5.79. The number of rotatable bonds is 4. The van der Waals surface area contributed by atoms with Gasteiger partial charge in [-0.25, -0.2) is 8.78 Å². The number of hydrogen-bond donors (Lipinski definition) is 1. The second kappa shape index (κ2) is 6.60.